The Morgan fingerprint density at radius 3 is 2.31 bits per heavy atom. The SMILES string of the molecule is C[N+](=CCCC1CCCCC1)C(=O)[C@H](CCC(=O)O)NC(=O)N(CC(=O)O)Cc1ccc(OP(=O)(O)O)cc1. The summed E-state index contributed by atoms with van der Waals surface area (Å²) < 4.78 is 16.8. The second-order valence-electron chi connectivity index (χ2n) is 9.62. The van der Waals surface area contributed by atoms with Crippen molar-refractivity contribution in [3.63, 3.8) is 0 Å². The molecule has 0 saturated heterocycles. The van der Waals surface area contributed by atoms with Gasteiger partial charge in [-0.05, 0) is 36.5 Å². The molecule has 13 nitrogen and oxygen atoms in total. The van der Waals surface area contributed by atoms with Gasteiger partial charge in [0.15, 0.2) is 6.04 Å². The lowest BCUT2D eigenvalue weighted by Gasteiger charge is -2.24. The number of benzene rings is 1. The van der Waals surface area contributed by atoms with Crippen LogP contribution in [0, 0.1) is 5.92 Å². The number of carbonyl (C=O) groups is 4. The molecule has 0 radical (unpaired) electrons. The fraction of sp³-hybridized carbons (Fsp3) is 0.560. The van der Waals surface area contributed by atoms with Gasteiger partial charge in [-0.15, -0.1) is 0 Å². The number of nitrogens with zero attached hydrogens (tertiary/aromatic N) is 2. The maximum absolute atomic E-state index is 13.1. The number of nitrogens with one attached hydrogen (secondary N) is 1. The van der Waals surface area contributed by atoms with Crippen LogP contribution in [-0.4, -0.2) is 79.2 Å². The number of carbonyl (C=O) groups excluding carboxylic acids is 2. The third-order valence-corrected chi connectivity index (χ3v) is 6.88. The Balaban J connectivity index is 2.10. The molecule has 0 heterocycles. The number of hydrogen-bond donors (Lipinski definition) is 5. The number of rotatable bonds is 14. The first-order valence-electron chi connectivity index (χ1n) is 12.8. The molecule has 1 aliphatic carbocycles. The number of urea groups is 1. The minimum Gasteiger partial charge on any atom is -0.481 e. The first-order chi connectivity index (χ1) is 18.3. The fourth-order valence-corrected chi connectivity index (χ4v) is 4.85. The van der Waals surface area contributed by atoms with E-state index in [-0.39, 0.29) is 25.1 Å². The first kappa shape index (κ1) is 31.9. The molecule has 1 aromatic carbocycles. The minimum absolute atomic E-state index is 0.122. The molecule has 39 heavy (non-hydrogen) atoms. The highest BCUT2D eigenvalue weighted by Crippen LogP contribution is 2.37. The van der Waals surface area contributed by atoms with Crippen molar-refractivity contribution in [1.29, 1.82) is 0 Å². The summed E-state index contributed by atoms with van der Waals surface area (Å²) in [4.78, 5) is 67.5. The van der Waals surface area contributed by atoms with Crippen LogP contribution < -0.4 is 9.84 Å². The zero-order valence-corrected chi connectivity index (χ0v) is 22.8. The first-order valence-corrected chi connectivity index (χ1v) is 14.3. The Hall–Kier alpha value is -3.28. The molecule has 3 amide bonds. The molecular formula is C25H37N3O10P+. The topological polar surface area (TPSA) is 194 Å². The molecule has 1 aliphatic rings. The van der Waals surface area contributed by atoms with Crippen LogP contribution in [0.1, 0.15) is 63.4 Å². The highest BCUT2D eigenvalue weighted by molar-refractivity contribution is 7.46. The lowest BCUT2D eigenvalue weighted by Crippen LogP contribution is -2.51. The summed E-state index contributed by atoms with van der Waals surface area (Å²) in [5.74, 6) is -2.48. The van der Waals surface area contributed by atoms with E-state index >= 15 is 0 Å². The molecule has 0 bridgehead atoms. The standard InChI is InChI=1S/C25H36N3O10P/c1-27(15-5-8-18-6-3-2-4-7-18)24(33)21(13-14-22(29)30)26-25(34)28(17-23(31)32)16-19-9-11-20(12-10-19)38-39(35,36)37/h9-12,15,18,21H,2-8,13-14,16-17H2,1H3,(H4-,26,29,30,31,32,34,35,36,37)/p+1/t21-/m0/s1. The van der Waals surface area contributed by atoms with E-state index in [4.69, 9.17) is 14.9 Å². The summed E-state index contributed by atoms with van der Waals surface area (Å²) in [5, 5.41) is 20.9. The molecule has 1 atom stereocenters. The summed E-state index contributed by atoms with van der Waals surface area (Å²) >= 11 is 0. The number of aliphatic carboxylic acids is 2. The second-order valence-corrected chi connectivity index (χ2v) is 10.8. The Morgan fingerprint density at radius 2 is 1.74 bits per heavy atom. The number of carboxylic acids is 2. The summed E-state index contributed by atoms with van der Waals surface area (Å²) in [6.07, 6.45) is 8.77. The quantitative estimate of drug-likeness (QED) is 0.126. The van der Waals surface area contributed by atoms with Gasteiger partial charge < -0.3 is 25.0 Å². The third-order valence-electron chi connectivity index (χ3n) is 6.43. The molecule has 0 unspecified atom stereocenters. The van der Waals surface area contributed by atoms with Crippen molar-refractivity contribution in [2.45, 2.75) is 70.4 Å². The van der Waals surface area contributed by atoms with Crippen LogP contribution in [-0.2, 0) is 25.5 Å². The Morgan fingerprint density at radius 1 is 1.10 bits per heavy atom. The number of phosphoric acid groups is 1. The number of phosphoric ester groups is 1. The monoisotopic (exact) mass is 570 g/mol. The molecule has 0 aromatic heterocycles. The number of carboxylic acid groups (broad SMARTS) is 2. The molecule has 5 N–H and O–H groups in total. The largest absolute Gasteiger partial charge is 0.524 e. The maximum Gasteiger partial charge on any atom is 0.524 e. The summed E-state index contributed by atoms with van der Waals surface area (Å²) in [6.45, 7) is -0.923. The van der Waals surface area contributed by atoms with Crippen LogP contribution in [0.2, 0.25) is 0 Å². The second kappa shape index (κ2) is 15.3. The van der Waals surface area contributed by atoms with Crippen molar-refractivity contribution in [2.24, 2.45) is 5.92 Å². The van der Waals surface area contributed by atoms with Gasteiger partial charge in [0.25, 0.3) is 0 Å². The van der Waals surface area contributed by atoms with Crippen LogP contribution in [0.4, 0.5) is 4.79 Å². The van der Waals surface area contributed by atoms with E-state index in [9.17, 15) is 28.8 Å². The van der Waals surface area contributed by atoms with E-state index in [0.717, 1.165) is 11.3 Å². The van der Waals surface area contributed by atoms with Crippen LogP contribution in [0.15, 0.2) is 24.3 Å². The highest BCUT2D eigenvalue weighted by atomic mass is 31.2. The third kappa shape index (κ3) is 12.4. The van der Waals surface area contributed by atoms with Gasteiger partial charge >= 0.3 is 31.7 Å². The van der Waals surface area contributed by atoms with Crippen LogP contribution in [0.5, 0.6) is 5.75 Å². The summed E-state index contributed by atoms with van der Waals surface area (Å²) in [6, 6.07) is 3.22. The fourth-order valence-electron chi connectivity index (χ4n) is 4.46. The van der Waals surface area contributed by atoms with Crippen molar-refractivity contribution in [2.75, 3.05) is 13.6 Å². The predicted octanol–water partition coefficient (Wildman–Crippen LogP) is 2.59. The molecule has 1 saturated carbocycles. The van der Waals surface area contributed by atoms with Crippen molar-refractivity contribution in [3.8, 4) is 5.75 Å². The van der Waals surface area contributed by atoms with E-state index in [1.807, 2.05) is 0 Å². The molecule has 0 aliphatic heterocycles. The number of hydrogen-bond acceptors (Lipinski definition) is 6. The van der Waals surface area contributed by atoms with Crippen LogP contribution >= 0.6 is 7.82 Å². The molecule has 216 valence electrons. The van der Waals surface area contributed by atoms with Crippen molar-refractivity contribution >= 4 is 37.9 Å². The van der Waals surface area contributed by atoms with Crippen LogP contribution in [0.3, 0.4) is 0 Å². The predicted molar refractivity (Wildman–Crippen MR) is 139 cm³/mol. The van der Waals surface area contributed by atoms with Gasteiger partial charge in [0.05, 0.1) is 0 Å². The van der Waals surface area contributed by atoms with Crippen molar-refractivity contribution < 1.29 is 52.8 Å². The minimum atomic E-state index is -4.76. The zero-order chi connectivity index (χ0) is 29.0. The van der Waals surface area contributed by atoms with Gasteiger partial charge in [-0.25, -0.2) is 14.2 Å². The van der Waals surface area contributed by atoms with Gasteiger partial charge in [0.2, 0.25) is 0 Å². The molecular weight excluding hydrogens is 533 g/mol. The van der Waals surface area contributed by atoms with E-state index in [0.29, 0.717) is 17.9 Å². The summed E-state index contributed by atoms with van der Waals surface area (Å²) in [5.41, 5.74) is 0.422. The van der Waals surface area contributed by atoms with E-state index in [1.165, 1.54) is 60.9 Å². The average Bonchev–Trinajstić information content (AvgIpc) is 2.86. The molecule has 1 aromatic rings. The molecule has 0 spiro atoms. The number of amides is 3. The normalized spacial score (nSPS) is 15.3. The van der Waals surface area contributed by atoms with Gasteiger partial charge in [0.1, 0.15) is 25.6 Å². The Labute approximate surface area is 226 Å². The molecule has 1 fully saturated rings. The van der Waals surface area contributed by atoms with Gasteiger partial charge in [-0.2, -0.15) is 4.58 Å². The number of likely N-dealkylation sites (N-methyl/N-ethyl adjacent to an activating group) is 1. The molecule has 14 heteroatoms. The lowest BCUT2D eigenvalue weighted by molar-refractivity contribution is -0.417. The van der Waals surface area contributed by atoms with E-state index in [2.05, 4.69) is 9.84 Å². The smallest absolute Gasteiger partial charge is 0.481 e. The average molecular weight is 571 g/mol. The Kier molecular flexibility index (Phi) is 12.6. The van der Waals surface area contributed by atoms with Crippen molar-refractivity contribution in [1.82, 2.24) is 10.2 Å². The Bertz CT molecular complexity index is 1080. The van der Waals surface area contributed by atoms with E-state index < -0.39 is 44.3 Å². The highest BCUT2D eigenvalue weighted by Gasteiger charge is 2.31. The van der Waals surface area contributed by atoms with Gasteiger partial charge in [-0.1, -0.05) is 44.2 Å². The van der Waals surface area contributed by atoms with Crippen molar-refractivity contribution in [3.05, 3.63) is 29.8 Å². The van der Waals surface area contributed by atoms with Gasteiger partial charge in [-0.3, -0.25) is 19.4 Å². The summed E-state index contributed by atoms with van der Waals surface area (Å²) in [7, 11) is -3.22. The van der Waals surface area contributed by atoms with Gasteiger partial charge in [0, 0.05) is 19.4 Å². The molecule has 2 rings (SSSR count). The zero-order valence-electron chi connectivity index (χ0n) is 21.9. The van der Waals surface area contributed by atoms with E-state index in [1.54, 1.807) is 13.3 Å². The lowest BCUT2D eigenvalue weighted by atomic mass is 9.86. The maximum atomic E-state index is 13.1. The van der Waals surface area contributed by atoms with Crippen LogP contribution in [0.25, 0.3) is 0 Å².